The van der Waals surface area contributed by atoms with Gasteiger partial charge < -0.3 is 15.7 Å². The Morgan fingerprint density at radius 1 is 1.31 bits per heavy atom. The summed E-state index contributed by atoms with van der Waals surface area (Å²) >= 11 is 0. The van der Waals surface area contributed by atoms with Crippen LogP contribution in [0.1, 0.15) is 25.3 Å². The van der Waals surface area contributed by atoms with Gasteiger partial charge in [0.05, 0.1) is 0 Å². The molecule has 0 spiro atoms. The molecule has 0 heterocycles. The molecule has 1 aromatic carbocycles. The van der Waals surface area contributed by atoms with E-state index in [-0.39, 0.29) is 6.61 Å². The Bertz CT molecular complexity index is 326. The second-order valence-corrected chi connectivity index (χ2v) is 4.06. The molecule has 90 valence electrons. The van der Waals surface area contributed by atoms with Crippen LogP contribution in [0, 0.1) is 6.92 Å². The molecule has 0 bridgehead atoms. The fourth-order valence-electron chi connectivity index (χ4n) is 1.90. The first-order chi connectivity index (χ1) is 7.69. The highest BCUT2D eigenvalue weighted by Crippen LogP contribution is 2.22. The van der Waals surface area contributed by atoms with E-state index in [1.807, 2.05) is 12.1 Å². The van der Waals surface area contributed by atoms with E-state index in [1.54, 1.807) is 0 Å². The van der Waals surface area contributed by atoms with E-state index in [9.17, 15) is 0 Å². The summed E-state index contributed by atoms with van der Waals surface area (Å²) in [6.45, 7) is 6.48. The smallest absolute Gasteiger partial charge is 0.0431 e. The van der Waals surface area contributed by atoms with Gasteiger partial charge in [0.15, 0.2) is 0 Å². The Balaban J connectivity index is 2.70. The molecular formula is C13H22N2O. The molecule has 0 fully saturated rings. The average Bonchev–Trinajstić information content (AvgIpc) is 2.26. The lowest BCUT2D eigenvalue weighted by molar-refractivity contribution is 0.285. The summed E-state index contributed by atoms with van der Waals surface area (Å²) in [7, 11) is 0. The SMILES string of the molecule is CCN(CCCCO)c1ccc(N)cc1C. The standard InChI is InChI=1S/C13H22N2O/c1-3-15(8-4-5-9-16)13-7-6-12(14)10-11(13)2/h6-7,10,16H,3-5,8-9,14H2,1-2H3. The largest absolute Gasteiger partial charge is 0.399 e. The van der Waals surface area contributed by atoms with Crippen molar-refractivity contribution < 1.29 is 5.11 Å². The lowest BCUT2D eigenvalue weighted by Gasteiger charge is -2.25. The molecule has 0 unspecified atom stereocenters. The summed E-state index contributed by atoms with van der Waals surface area (Å²) in [5.74, 6) is 0. The maximum Gasteiger partial charge on any atom is 0.0431 e. The van der Waals surface area contributed by atoms with Crippen molar-refractivity contribution in [2.24, 2.45) is 0 Å². The van der Waals surface area contributed by atoms with Crippen molar-refractivity contribution in [3.8, 4) is 0 Å². The van der Waals surface area contributed by atoms with Crippen molar-refractivity contribution in [2.45, 2.75) is 26.7 Å². The van der Waals surface area contributed by atoms with Crippen LogP contribution in [-0.2, 0) is 0 Å². The van der Waals surface area contributed by atoms with Gasteiger partial charge >= 0.3 is 0 Å². The van der Waals surface area contributed by atoms with Crippen LogP contribution in [0.2, 0.25) is 0 Å². The second-order valence-electron chi connectivity index (χ2n) is 4.06. The molecule has 0 aliphatic heterocycles. The Morgan fingerprint density at radius 3 is 2.62 bits per heavy atom. The number of aliphatic hydroxyl groups excluding tert-OH is 1. The minimum Gasteiger partial charge on any atom is -0.399 e. The maximum absolute atomic E-state index is 8.78. The first kappa shape index (κ1) is 12.8. The Hall–Kier alpha value is -1.22. The number of aryl methyl sites for hydroxylation is 1. The third-order valence-corrected chi connectivity index (χ3v) is 2.78. The fourth-order valence-corrected chi connectivity index (χ4v) is 1.90. The van der Waals surface area contributed by atoms with Gasteiger partial charge in [-0.2, -0.15) is 0 Å². The Morgan fingerprint density at radius 2 is 2.06 bits per heavy atom. The Kier molecular flexibility index (Phi) is 5.12. The van der Waals surface area contributed by atoms with Gasteiger partial charge in [0.2, 0.25) is 0 Å². The van der Waals surface area contributed by atoms with Crippen molar-refractivity contribution in [3.63, 3.8) is 0 Å². The van der Waals surface area contributed by atoms with Crippen LogP contribution >= 0.6 is 0 Å². The predicted molar refractivity (Wildman–Crippen MR) is 69.8 cm³/mol. The second kappa shape index (κ2) is 6.38. The number of rotatable bonds is 6. The summed E-state index contributed by atoms with van der Waals surface area (Å²) < 4.78 is 0. The molecule has 3 heteroatoms. The number of anilines is 2. The molecule has 1 aromatic rings. The van der Waals surface area contributed by atoms with E-state index < -0.39 is 0 Å². The number of benzene rings is 1. The van der Waals surface area contributed by atoms with Gasteiger partial charge in [0.25, 0.3) is 0 Å². The van der Waals surface area contributed by atoms with Crippen molar-refractivity contribution in [3.05, 3.63) is 23.8 Å². The molecule has 0 aliphatic rings. The Labute approximate surface area is 97.9 Å². The minimum atomic E-state index is 0.276. The highest BCUT2D eigenvalue weighted by Gasteiger charge is 2.06. The molecule has 1 rings (SSSR count). The quantitative estimate of drug-likeness (QED) is 0.573. The molecule has 16 heavy (non-hydrogen) atoms. The van der Waals surface area contributed by atoms with E-state index in [0.717, 1.165) is 31.6 Å². The maximum atomic E-state index is 8.78. The van der Waals surface area contributed by atoms with Crippen LogP contribution in [0.5, 0.6) is 0 Å². The first-order valence-corrected chi connectivity index (χ1v) is 5.91. The first-order valence-electron chi connectivity index (χ1n) is 5.91. The number of nitrogens with two attached hydrogens (primary N) is 1. The van der Waals surface area contributed by atoms with Crippen LogP contribution in [0.15, 0.2) is 18.2 Å². The van der Waals surface area contributed by atoms with Crippen LogP contribution in [0.4, 0.5) is 11.4 Å². The number of aliphatic hydroxyl groups is 1. The molecule has 0 saturated heterocycles. The van der Waals surface area contributed by atoms with Gasteiger partial charge in [0.1, 0.15) is 0 Å². The fraction of sp³-hybridized carbons (Fsp3) is 0.538. The summed E-state index contributed by atoms with van der Waals surface area (Å²) in [6, 6.07) is 6.02. The summed E-state index contributed by atoms with van der Waals surface area (Å²) in [5, 5.41) is 8.78. The van der Waals surface area contributed by atoms with E-state index in [2.05, 4.69) is 24.8 Å². The van der Waals surface area contributed by atoms with E-state index in [4.69, 9.17) is 10.8 Å². The third kappa shape index (κ3) is 3.42. The molecule has 3 nitrogen and oxygen atoms in total. The number of nitrogen functional groups attached to an aromatic ring is 1. The minimum absolute atomic E-state index is 0.276. The molecule has 0 saturated carbocycles. The monoisotopic (exact) mass is 222 g/mol. The molecular weight excluding hydrogens is 200 g/mol. The van der Waals surface area contributed by atoms with Crippen LogP contribution in [0.25, 0.3) is 0 Å². The molecule has 3 N–H and O–H groups in total. The number of hydrogen-bond acceptors (Lipinski definition) is 3. The summed E-state index contributed by atoms with van der Waals surface area (Å²) in [4.78, 5) is 2.32. The molecule has 0 amide bonds. The van der Waals surface area contributed by atoms with Gasteiger partial charge in [-0.3, -0.25) is 0 Å². The third-order valence-electron chi connectivity index (χ3n) is 2.78. The molecule has 0 atom stereocenters. The average molecular weight is 222 g/mol. The van der Waals surface area contributed by atoms with E-state index in [0.29, 0.717) is 0 Å². The highest BCUT2D eigenvalue weighted by molar-refractivity contribution is 5.59. The number of nitrogens with zero attached hydrogens (tertiary/aromatic N) is 1. The lowest BCUT2D eigenvalue weighted by atomic mass is 10.1. The predicted octanol–water partition coefficient (Wildman–Crippen LogP) is 2.18. The van der Waals surface area contributed by atoms with Crippen molar-refractivity contribution in [2.75, 3.05) is 30.3 Å². The molecule has 0 aromatic heterocycles. The van der Waals surface area contributed by atoms with Gasteiger partial charge in [0, 0.05) is 31.1 Å². The van der Waals surface area contributed by atoms with Gasteiger partial charge in [-0.15, -0.1) is 0 Å². The van der Waals surface area contributed by atoms with Crippen molar-refractivity contribution in [1.29, 1.82) is 0 Å². The van der Waals surface area contributed by atoms with Crippen molar-refractivity contribution in [1.82, 2.24) is 0 Å². The lowest BCUT2D eigenvalue weighted by Crippen LogP contribution is -2.24. The van der Waals surface area contributed by atoms with Gasteiger partial charge in [-0.25, -0.2) is 0 Å². The topological polar surface area (TPSA) is 49.5 Å². The summed E-state index contributed by atoms with van der Waals surface area (Å²) in [6.07, 6.45) is 1.89. The van der Waals surface area contributed by atoms with E-state index >= 15 is 0 Å². The number of unbranched alkanes of at least 4 members (excludes halogenated alkanes) is 1. The highest BCUT2D eigenvalue weighted by atomic mass is 16.2. The zero-order chi connectivity index (χ0) is 12.0. The number of hydrogen-bond donors (Lipinski definition) is 2. The normalized spacial score (nSPS) is 10.4. The van der Waals surface area contributed by atoms with Crippen LogP contribution < -0.4 is 10.6 Å². The zero-order valence-corrected chi connectivity index (χ0v) is 10.2. The molecule has 0 aliphatic carbocycles. The van der Waals surface area contributed by atoms with Crippen LogP contribution in [0.3, 0.4) is 0 Å². The van der Waals surface area contributed by atoms with E-state index in [1.165, 1.54) is 11.3 Å². The van der Waals surface area contributed by atoms with Crippen LogP contribution in [-0.4, -0.2) is 24.8 Å². The summed E-state index contributed by atoms with van der Waals surface area (Å²) in [5.41, 5.74) is 9.01. The molecule has 0 radical (unpaired) electrons. The van der Waals surface area contributed by atoms with Gasteiger partial charge in [-0.1, -0.05) is 0 Å². The zero-order valence-electron chi connectivity index (χ0n) is 10.2. The van der Waals surface area contributed by atoms with Crippen molar-refractivity contribution >= 4 is 11.4 Å². The van der Waals surface area contributed by atoms with Gasteiger partial charge in [-0.05, 0) is 50.5 Å².